The molecule has 9 nitrogen and oxygen atoms in total. The number of carbonyl (C=O) groups is 4. The first-order valence-electron chi connectivity index (χ1n) is 11.3. The van der Waals surface area contributed by atoms with Crippen molar-refractivity contribution in [3.05, 3.63) is 59.2 Å². The Hall–Kier alpha value is -4.14. The van der Waals surface area contributed by atoms with Crippen LogP contribution in [0.5, 0.6) is 11.5 Å². The van der Waals surface area contributed by atoms with E-state index in [1.165, 1.54) is 44.6 Å². The predicted molar refractivity (Wildman–Crippen MR) is 129 cm³/mol. The van der Waals surface area contributed by atoms with Gasteiger partial charge in [0.25, 0.3) is 11.8 Å². The van der Waals surface area contributed by atoms with Gasteiger partial charge < -0.3 is 14.2 Å². The SMILES string of the molecule is CCCCCCOc1ccc(C=C2C(=O)NC(=O)N(c3ccc(C(=O)OC)cc3)C2=O)cc1OC. The van der Waals surface area contributed by atoms with Crippen LogP contribution >= 0.6 is 0 Å². The van der Waals surface area contributed by atoms with Gasteiger partial charge in [-0.15, -0.1) is 0 Å². The number of unbranched alkanes of at least 4 members (excludes halogenated alkanes) is 3. The number of carbonyl (C=O) groups excluding carboxylic acids is 4. The number of methoxy groups -OCH3 is 2. The van der Waals surface area contributed by atoms with Crippen molar-refractivity contribution in [3.8, 4) is 11.5 Å². The monoisotopic (exact) mass is 480 g/mol. The number of barbiturate groups is 1. The van der Waals surface area contributed by atoms with Gasteiger partial charge in [-0.1, -0.05) is 32.3 Å². The van der Waals surface area contributed by atoms with Gasteiger partial charge in [0.2, 0.25) is 0 Å². The van der Waals surface area contributed by atoms with E-state index in [1.54, 1.807) is 18.2 Å². The van der Waals surface area contributed by atoms with Gasteiger partial charge in [-0.25, -0.2) is 14.5 Å². The molecule has 0 atom stereocenters. The topological polar surface area (TPSA) is 111 Å². The smallest absolute Gasteiger partial charge is 0.337 e. The first-order chi connectivity index (χ1) is 16.9. The molecule has 0 spiro atoms. The molecule has 1 fully saturated rings. The van der Waals surface area contributed by atoms with Crippen LogP contribution in [0.4, 0.5) is 10.5 Å². The zero-order valence-electron chi connectivity index (χ0n) is 20.0. The number of esters is 1. The molecule has 0 saturated carbocycles. The van der Waals surface area contributed by atoms with E-state index in [0.717, 1.165) is 30.6 Å². The second kappa shape index (κ2) is 11.8. The number of imide groups is 2. The zero-order chi connectivity index (χ0) is 25.4. The van der Waals surface area contributed by atoms with E-state index in [1.807, 2.05) is 0 Å². The number of urea groups is 1. The van der Waals surface area contributed by atoms with Gasteiger partial charge in [-0.05, 0) is 54.5 Å². The predicted octanol–water partition coefficient (Wildman–Crippen LogP) is 4.11. The lowest BCUT2D eigenvalue weighted by Gasteiger charge is -2.26. The van der Waals surface area contributed by atoms with Crippen LogP contribution in [0.15, 0.2) is 48.0 Å². The first-order valence-corrected chi connectivity index (χ1v) is 11.3. The van der Waals surface area contributed by atoms with Gasteiger partial charge in [0, 0.05) is 0 Å². The maximum atomic E-state index is 13.1. The van der Waals surface area contributed by atoms with Crippen molar-refractivity contribution in [2.45, 2.75) is 32.6 Å². The molecule has 184 valence electrons. The maximum absolute atomic E-state index is 13.1. The number of ether oxygens (including phenoxy) is 3. The molecule has 9 heteroatoms. The summed E-state index contributed by atoms with van der Waals surface area (Å²) in [5.41, 5.74) is 0.752. The van der Waals surface area contributed by atoms with Crippen molar-refractivity contribution in [2.75, 3.05) is 25.7 Å². The van der Waals surface area contributed by atoms with Crippen LogP contribution in [-0.2, 0) is 14.3 Å². The molecule has 1 saturated heterocycles. The first kappa shape index (κ1) is 25.5. The van der Waals surface area contributed by atoms with Crippen molar-refractivity contribution in [3.63, 3.8) is 0 Å². The minimum Gasteiger partial charge on any atom is -0.493 e. The summed E-state index contributed by atoms with van der Waals surface area (Å²) in [7, 11) is 2.76. The molecule has 1 N–H and O–H groups in total. The van der Waals surface area contributed by atoms with Crippen LogP contribution in [0.2, 0.25) is 0 Å². The lowest BCUT2D eigenvalue weighted by Crippen LogP contribution is -2.54. The van der Waals surface area contributed by atoms with E-state index in [4.69, 9.17) is 9.47 Å². The average molecular weight is 481 g/mol. The summed E-state index contributed by atoms with van der Waals surface area (Å²) < 4.78 is 15.9. The number of amides is 4. The van der Waals surface area contributed by atoms with Crippen LogP contribution in [0.3, 0.4) is 0 Å². The summed E-state index contributed by atoms with van der Waals surface area (Å²) in [6, 6.07) is 9.88. The van der Waals surface area contributed by atoms with Gasteiger partial charge in [0.15, 0.2) is 11.5 Å². The van der Waals surface area contributed by atoms with Gasteiger partial charge in [0.1, 0.15) is 5.57 Å². The Balaban J connectivity index is 1.82. The number of nitrogens with zero attached hydrogens (tertiary/aromatic N) is 1. The molecule has 2 aromatic carbocycles. The quantitative estimate of drug-likeness (QED) is 0.236. The largest absolute Gasteiger partial charge is 0.493 e. The molecule has 4 amide bonds. The van der Waals surface area contributed by atoms with Crippen LogP contribution in [0.1, 0.15) is 48.5 Å². The molecule has 1 aliphatic heterocycles. The Morgan fingerprint density at radius 1 is 0.971 bits per heavy atom. The van der Waals surface area contributed by atoms with Crippen LogP contribution < -0.4 is 19.7 Å². The number of hydrogen-bond acceptors (Lipinski definition) is 7. The Bertz CT molecular complexity index is 1140. The summed E-state index contributed by atoms with van der Waals surface area (Å²) in [6.45, 7) is 2.70. The van der Waals surface area contributed by atoms with Crippen molar-refractivity contribution < 1.29 is 33.4 Å². The molecule has 0 aliphatic carbocycles. The minimum absolute atomic E-state index is 0.197. The Morgan fingerprint density at radius 3 is 2.37 bits per heavy atom. The second-order valence-electron chi connectivity index (χ2n) is 7.82. The van der Waals surface area contributed by atoms with E-state index in [-0.39, 0.29) is 16.8 Å². The van der Waals surface area contributed by atoms with Crippen LogP contribution in [-0.4, -0.2) is 44.6 Å². The number of rotatable bonds is 10. The lowest BCUT2D eigenvalue weighted by atomic mass is 10.1. The normalized spacial score (nSPS) is 14.7. The van der Waals surface area contributed by atoms with Crippen LogP contribution in [0, 0.1) is 0 Å². The third kappa shape index (κ3) is 6.06. The van der Waals surface area contributed by atoms with Crippen molar-refractivity contribution in [1.82, 2.24) is 5.32 Å². The Labute approximate surface area is 203 Å². The maximum Gasteiger partial charge on any atom is 0.337 e. The second-order valence-corrected chi connectivity index (χ2v) is 7.82. The molecule has 0 bridgehead atoms. The molecule has 3 rings (SSSR count). The number of anilines is 1. The molecule has 35 heavy (non-hydrogen) atoms. The van der Waals surface area contributed by atoms with Crippen molar-refractivity contribution in [1.29, 1.82) is 0 Å². The molecule has 1 aliphatic rings. The fourth-order valence-electron chi connectivity index (χ4n) is 3.53. The van der Waals surface area contributed by atoms with Gasteiger partial charge in [0.05, 0.1) is 32.1 Å². The molecular weight excluding hydrogens is 452 g/mol. The third-order valence-electron chi connectivity index (χ3n) is 5.40. The summed E-state index contributed by atoms with van der Waals surface area (Å²) >= 11 is 0. The standard InChI is InChI=1S/C26H28N2O7/c1-4-5-6-7-14-35-21-13-8-17(16-22(21)33-2)15-20-23(29)27-26(32)28(24(20)30)19-11-9-18(10-12-19)25(31)34-3/h8-13,15-16H,4-7,14H2,1-3H3,(H,27,29,32). The highest BCUT2D eigenvalue weighted by Gasteiger charge is 2.36. The summed E-state index contributed by atoms with van der Waals surface area (Å²) in [6.07, 6.45) is 5.69. The van der Waals surface area contributed by atoms with Gasteiger partial charge in [-0.2, -0.15) is 0 Å². The highest BCUT2D eigenvalue weighted by Crippen LogP contribution is 2.30. The minimum atomic E-state index is -0.882. The zero-order valence-corrected chi connectivity index (χ0v) is 20.0. The highest BCUT2D eigenvalue weighted by molar-refractivity contribution is 6.39. The number of nitrogens with one attached hydrogen (secondary N) is 1. The van der Waals surface area contributed by atoms with E-state index in [0.29, 0.717) is 23.7 Å². The third-order valence-corrected chi connectivity index (χ3v) is 5.40. The fraction of sp³-hybridized carbons (Fsp3) is 0.308. The lowest BCUT2D eigenvalue weighted by molar-refractivity contribution is -0.122. The number of benzene rings is 2. The van der Waals surface area contributed by atoms with Gasteiger partial charge >= 0.3 is 12.0 Å². The Kier molecular flexibility index (Phi) is 8.61. The average Bonchev–Trinajstić information content (AvgIpc) is 2.86. The molecule has 0 radical (unpaired) electrons. The van der Waals surface area contributed by atoms with Crippen molar-refractivity contribution in [2.24, 2.45) is 0 Å². The van der Waals surface area contributed by atoms with E-state index in [2.05, 4.69) is 17.0 Å². The fourth-order valence-corrected chi connectivity index (χ4v) is 3.53. The highest BCUT2D eigenvalue weighted by atomic mass is 16.5. The van der Waals surface area contributed by atoms with E-state index < -0.39 is 23.8 Å². The Morgan fingerprint density at radius 2 is 1.71 bits per heavy atom. The summed E-state index contributed by atoms with van der Waals surface area (Å²) in [5, 5.41) is 2.17. The van der Waals surface area contributed by atoms with Crippen molar-refractivity contribution >= 4 is 35.6 Å². The van der Waals surface area contributed by atoms with E-state index >= 15 is 0 Å². The van der Waals surface area contributed by atoms with Gasteiger partial charge in [-0.3, -0.25) is 14.9 Å². The molecule has 2 aromatic rings. The number of hydrogen-bond donors (Lipinski definition) is 1. The van der Waals surface area contributed by atoms with Crippen LogP contribution in [0.25, 0.3) is 6.08 Å². The van der Waals surface area contributed by atoms with E-state index in [9.17, 15) is 19.2 Å². The summed E-state index contributed by atoms with van der Waals surface area (Å²) in [5.74, 6) is -1.13. The summed E-state index contributed by atoms with van der Waals surface area (Å²) in [4.78, 5) is 50.5. The molecule has 0 unspecified atom stereocenters. The molecular formula is C26H28N2O7. The molecule has 0 aromatic heterocycles. The molecule has 1 heterocycles.